The molecule has 18 rings (SSSR count). The van der Waals surface area contributed by atoms with Gasteiger partial charge in [0, 0.05) is 160 Å². The van der Waals surface area contributed by atoms with E-state index in [2.05, 4.69) is 235 Å². The monoisotopic (exact) mass is 2030 g/mol. The van der Waals surface area contributed by atoms with E-state index in [0.717, 1.165) is 154 Å². The molecule has 14 saturated carbocycles. The standard InChI is InChI=1S/3C31H52N2O4.C30H48N2O3/c1-9-18(2)26(37)32-23-12-13-30-16-31(30)22(11-10-21(30)27(23,4)17-34)28(5)14-20(35)25(19(3)33(7)8)29(28,6)15-24(31)36;2*1-9-18(2)28(37)32-26-13-10-20-14-21-23(12-11-22(20)29(26,4)17-34)30(5)16-25(36)27(19(3)33(7)8)31(30,6)15-24(21)35;1-17(2)27-31-25-12-9-19-13-20-22(11-10-21(19)28(25,4)16-35-27)29(5)15-24(34)26(18(3)32(7)8)30(29,6)14-23(20)33/h18-23,25,34-35H,9-17H2,1-8H3,(H,32,37);2*10,18-19,21-23,25-27,34,36H,9,11-17H2,1-8H3,(H,32,37);9,17-18,20-22,24-26,34H,10-16H2,1-8H3/t18?,19-,20+,21-,22-,23-,25-,27-,28-,29+,30?,31-;18?,19-,21+,22+,23+,25+,26-,27-,29-,30-,31+;18-,19-,21+,22+,23+,25+,26-,27-,29-,30-,31+;18-,20+,21+,22+,24+,25-,26-,28-,29-,30+/m0000/s1. The molecule has 146 heavy (non-hydrogen) atoms. The van der Waals surface area contributed by atoms with Crippen LogP contribution >= 0.6 is 0 Å². The maximum Gasteiger partial charge on any atom is 0.223 e. The number of allylic oxidation sites excluding steroid dienone is 3. The second-order valence-corrected chi connectivity index (χ2v) is 57.1. The van der Waals surface area contributed by atoms with Crippen molar-refractivity contribution < 1.29 is 74.0 Å². The molecule has 2 spiro atoms. The average molecular weight is 2040 g/mol. The summed E-state index contributed by atoms with van der Waals surface area (Å²) in [6, 6.07) is 0.829. The normalized spacial score (nSPS) is 47.7. The highest BCUT2D eigenvalue weighted by molar-refractivity contribution is 5.92. The number of amides is 3. The molecule has 0 aromatic rings. The predicted octanol–water partition coefficient (Wildman–Crippen LogP) is 17.5. The number of hydrogen-bond acceptors (Lipinski definition) is 20. The number of hydrogen-bond donors (Lipinski definition) is 10. The summed E-state index contributed by atoms with van der Waals surface area (Å²) in [7, 11) is 16.6. The first kappa shape index (κ1) is 115. The minimum atomic E-state index is -0.453. The van der Waals surface area contributed by atoms with Gasteiger partial charge in [-0.15, -0.1) is 0 Å². The number of nitrogens with zero attached hydrogens (tertiary/aromatic N) is 5. The van der Waals surface area contributed by atoms with E-state index in [1.165, 1.54) is 16.7 Å². The summed E-state index contributed by atoms with van der Waals surface area (Å²) in [6.07, 6.45) is 28.4. The highest BCUT2D eigenvalue weighted by Crippen LogP contribution is 2.88. The van der Waals surface area contributed by atoms with Crippen molar-refractivity contribution in [1.29, 1.82) is 0 Å². The number of carbonyl (C=O) groups is 7. The van der Waals surface area contributed by atoms with Crippen molar-refractivity contribution >= 4 is 46.8 Å². The van der Waals surface area contributed by atoms with Crippen molar-refractivity contribution in [2.45, 2.75) is 419 Å². The van der Waals surface area contributed by atoms with E-state index in [1.54, 1.807) is 0 Å². The molecule has 18 aliphatic rings. The third-order valence-corrected chi connectivity index (χ3v) is 50.1. The summed E-state index contributed by atoms with van der Waals surface area (Å²) < 4.78 is 6.24. The quantitative estimate of drug-likeness (QED) is 0.0477. The number of aliphatic hydroxyl groups is 7. The number of Topliss-reactive ketones (excluding diaryl/α,β-unsaturated/α-hetero) is 4. The molecule has 44 atom stereocenters. The zero-order valence-corrected chi connectivity index (χ0v) is 96.9. The molecule has 10 N–H and O–H groups in total. The minimum Gasteiger partial charge on any atom is -0.480 e. The van der Waals surface area contributed by atoms with Gasteiger partial charge in [-0.05, 0) is 334 Å². The van der Waals surface area contributed by atoms with Crippen molar-refractivity contribution in [2.75, 3.05) is 82.8 Å². The van der Waals surface area contributed by atoms with Gasteiger partial charge in [-0.2, -0.15) is 0 Å². The van der Waals surface area contributed by atoms with E-state index in [9.17, 15) is 69.3 Å². The van der Waals surface area contributed by atoms with E-state index in [-0.39, 0.29) is 246 Å². The number of ether oxygens (including phenoxy) is 1. The Morgan fingerprint density at radius 1 is 0.404 bits per heavy atom. The second-order valence-electron chi connectivity index (χ2n) is 57.1. The Balaban J connectivity index is 0.000000146. The molecule has 0 bridgehead atoms. The molecule has 3 unspecified atom stereocenters. The molecule has 1 aliphatic heterocycles. The van der Waals surface area contributed by atoms with Gasteiger partial charge in [-0.1, -0.05) is 173 Å². The Labute approximate surface area is 880 Å². The Bertz CT molecular complexity index is 4820. The van der Waals surface area contributed by atoms with Crippen LogP contribution < -0.4 is 16.0 Å². The number of aliphatic hydroxyl groups excluding tert-OH is 7. The summed E-state index contributed by atoms with van der Waals surface area (Å²) in [5, 5.41) is 87.8. The third kappa shape index (κ3) is 17.7. The first-order valence-corrected chi connectivity index (χ1v) is 58.5. The molecule has 0 radical (unpaired) electrons. The van der Waals surface area contributed by atoms with Crippen molar-refractivity contribution in [3.8, 4) is 0 Å². The SMILES string of the molecule is CC(C)C1=N[C@H]2CC=C3C[C@H]4C(=O)C[C@]5(C)[C@@H]([C@H](C)N(C)C)[C@H](O)C[C@@]5(C)[C@@H]4CC[C@H]3[C@]2(C)CO1.CCC(C)C(=O)N[C@H]1CC=C2C[C@H]3C(=O)C[C@]4(C)[C@@H]([C@H](C)N(C)C)[C@H](O)C[C@@]4(C)[C@@H]3CC[C@H]2[C@]1(C)CO.CCC(C)C(=O)N[C@H]1CCC23C[C@]24C(=O)C[C@]2(C)[C@@H]([C@H](C)N(C)C)[C@H](O)C[C@@]2(C)[C@@H]4CC[C@H]3[C@]1(C)CO.CC[C@H](C)C(=O)N[C@H]1CC=C2C[C@H]3C(=O)C[C@]4(C)[C@@H]([C@H](C)N(C)C)[C@H](O)C[C@@]4(C)[C@@H]3CC[C@H]2[C@]1(C)CO. The zero-order valence-electron chi connectivity index (χ0n) is 96.9. The Morgan fingerprint density at radius 2 is 0.726 bits per heavy atom. The molecule has 1 heterocycles. The van der Waals surface area contributed by atoms with Gasteiger partial charge >= 0.3 is 0 Å². The molecule has 826 valence electrons. The van der Waals surface area contributed by atoms with Crippen LogP contribution in [-0.2, 0) is 38.3 Å². The Hall–Kier alpha value is -4.66. The van der Waals surface area contributed by atoms with Gasteiger partial charge in [0.05, 0.1) is 56.9 Å². The number of ketones is 4. The highest BCUT2D eigenvalue weighted by atomic mass is 16.5. The first-order valence-electron chi connectivity index (χ1n) is 58.5. The van der Waals surface area contributed by atoms with E-state index in [4.69, 9.17) is 9.73 Å². The van der Waals surface area contributed by atoms with Crippen LogP contribution in [0.1, 0.15) is 346 Å². The molecule has 0 aromatic heterocycles. The van der Waals surface area contributed by atoms with E-state index < -0.39 is 34.6 Å². The number of nitrogens with one attached hydrogen (secondary N) is 3. The summed E-state index contributed by atoms with van der Waals surface area (Å²) in [5.74, 6) is 5.23. The van der Waals surface area contributed by atoms with Gasteiger partial charge in [0.2, 0.25) is 17.7 Å². The summed E-state index contributed by atoms with van der Waals surface area (Å²) >= 11 is 0. The lowest BCUT2D eigenvalue weighted by atomic mass is 9.41. The van der Waals surface area contributed by atoms with Crippen LogP contribution in [0.3, 0.4) is 0 Å². The Morgan fingerprint density at radius 3 is 1.07 bits per heavy atom. The van der Waals surface area contributed by atoms with Crippen LogP contribution in [-0.4, -0.2) is 258 Å². The maximum atomic E-state index is 14.4. The lowest BCUT2D eigenvalue weighted by molar-refractivity contribution is -0.173. The molecule has 3 amide bonds. The predicted molar refractivity (Wildman–Crippen MR) is 578 cm³/mol. The van der Waals surface area contributed by atoms with Gasteiger partial charge in [-0.25, -0.2) is 0 Å². The molecule has 23 nitrogen and oxygen atoms in total. The number of fused-ring (bicyclic) bond motifs is 16. The van der Waals surface area contributed by atoms with Crippen LogP contribution in [0.4, 0.5) is 0 Å². The van der Waals surface area contributed by atoms with Gasteiger partial charge < -0.3 is 76.0 Å². The van der Waals surface area contributed by atoms with Crippen LogP contribution in [0, 0.1) is 188 Å². The second kappa shape index (κ2) is 41.1. The Kier molecular flexibility index (Phi) is 32.5. The van der Waals surface area contributed by atoms with Crippen molar-refractivity contribution in [2.24, 2.45) is 193 Å². The molecule has 23 heteroatoms. The highest BCUT2D eigenvalue weighted by Gasteiger charge is 2.87. The smallest absolute Gasteiger partial charge is 0.223 e. The lowest BCUT2D eigenvalue weighted by Crippen LogP contribution is -2.64. The molecular formula is C123H204N8O15. The third-order valence-electron chi connectivity index (χ3n) is 50.1. The van der Waals surface area contributed by atoms with Gasteiger partial charge in [-0.3, -0.25) is 38.6 Å². The number of carbonyl (C=O) groups excluding carboxylic acids is 7. The molecule has 0 saturated heterocycles. The van der Waals surface area contributed by atoms with Crippen molar-refractivity contribution in [3.63, 3.8) is 0 Å². The minimum absolute atomic E-state index is 0.000382. The molecule has 17 aliphatic carbocycles. The van der Waals surface area contributed by atoms with Gasteiger partial charge in [0.15, 0.2) is 5.90 Å². The van der Waals surface area contributed by atoms with Gasteiger partial charge in [0.1, 0.15) is 23.1 Å². The number of rotatable bonds is 21. The van der Waals surface area contributed by atoms with E-state index in [0.29, 0.717) is 79.4 Å². The fourth-order valence-electron chi connectivity index (χ4n) is 39.0. The first-order chi connectivity index (χ1) is 68.0. The molecule has 0 aromatic carbocycles. The summed E-state index contributed by atoms with van der Waals surface area (Å²) in [4.78, 5) is 109. The topological polar surface area (TPSA) is 332 Å². The number of aliphatic imine (C=N–C) groups is 1. The molecule has 14 fully saturated rings. The van der Waals surface area contributed by atoms with Crippen molar-refractivity contribution in [1.82, 2.24) is 35.6 Å². The van der Waals surface area contributed by atoms with Crippen molar-refractivity contribution in [3.05, 3.63) is 34.9 Å². The van der Waals surface area contributed by atoms with Crippen LogP contribution in [0.2, 0.25) is 0 Å². The maximum absolute atomic E-state index is 14.4. The summed E-state index contributed by atoms with van der Waals surface area (Å²) in [5.41, 5.74) is 1.15. The zero-order chi connectivity index (χ0) is 108. The van der Waals surface area contributed by atoms with Crippen LogP contribution in [0.15, 0.2) is 39.9 Å². The van der Waals surface area contributed by atoms with E-state index in [1.807, 2.05) is 41.5 Å². The largest absolute Gasteiger partial charge is 0.480 e. The summed E-state index contributed by atoms with van der Waals surface area (Å²) in [6.45, 7) is 53.4. The average Bonchev–Trinajstić information content (AvgIpc) is 1.45. The van der Waals surface area contributed by atoms with Crippen LogP contribution in [0.25, 0.3) is 0 Å². The van der Waals surface area contributed by atoms with Gasteiger partial charge in [0.25, 0.3) is 0 Å². The molecular weight excluding hydrogens is 1830 g/mol. The fourth-order valence-corrected chi connectivity index (χ4v) is 39.0. The van der Waals surface area contributed by atoms with Crippen LogP contribution in [0.5, 0.6) is 0 Å². The fraction of sp³-hybridized carbons (Fsp3) is 0.886. The van der Waals surface area contributed by atoms with E-state index >= 15 is 0 Å². The lowest BCUT2D eigenvalue weighted by Gasteiger charge is -2.63.